The lowest BCUT2D eigenvalue weighted by Gasteiger charge is -2.31. The second-order valence-corrected chi connectivity index (χ2v) is 5.50. The van der Waals surface area contributed by atoms with Crippen LogP contribution in [0.1, 0.15) is 18.6 Å². The van der Waals surface area contributed by atoms with Crippen molar-refractivity contribution < 1.29 is 27.5 Å². The van der Waals surface area contributed by atoms with E-state index in [1.54, 1.807) is 0 Å². The molecule has 1 amide bonds. The largest absolute Gasteiger partial charge is 0.502 e. The lowest BCUT2D eigenvalue weighted by atomic mass is 9.97. The van der Waals surface area contributed by atoms with Crippen molar-refractivity contribution in [2.24, 2.45) is 5.92 Å². The summed E-state index contributed by atoms with van der Waals surface area (Å²) in [5, 5.41) is 11.0. The van der Waals surface area contributed by atoms with Crippen LogP contribution in [0.2, 0.25) is 0 Å². The van der Waals surface area contributed by atoms with Gasteiger partial charge in [0, 0.05) is 12.6 Å². The Morgan fingerprint density at radius 1 is 1.48 bits per heavy atom. The number of rotatable bonds is 4. The molecule has 1 fully saturated rings. The molecule has 6 nitrogen and oxygen atoms in total. The molecule has 0 bridgehead atoms. The molecule has 2 N–H and O–H groups in total. The van der Waals surface area contributed by atoms with Crippen LogP contribution in [-0.2, 0) is 11.3 Å². The topological polar surface area (TPSA) is 82.8 Å². The minimum atomic E-state index is -4.43. The van der Waals surface area contributed by atoms with E-state index < -0.39 is 35.7 Å². The monoisotopic (exact) mass is 334 g/mol. The first kappa shape index (κ1) is 17.3. The van der Waals surface area contributed by atoms with E-state index in [1.165, 1.54) is 0 Å². The van der Waals surface area contributed by atoms with Gasteiger partial charge < -0.3 is 14.8 Å². The van der Waals surface area contributed by atoms with Crippen LogP contribution in [0.15, 0.2) is 21.5 Å². The number of amides is 1. The summed E-state index contributed by atoms with van der Waals surface area (Å²) < 4.78 is 41.5. The minimum absolute atomic E-state index is 0.249. The first-order chi connectivity index (χ1) is 10.7. The number of halogens is 3. The van der Waals surface area contributed by atoms with Crippen LogP contribution < -0.4 is 10.7 Å². The molecule has 2 rings (SSSR count). The standard InChI is InChI=1S/C14H17F3N2O4/c15-14(16,17)8-18-13(22)9-2-1-3-19(5-9)6-10-4-11(20)12(21)7-23-10/h4,7,9,21H,1-3,5-6,8H2,(H,18,22)/t9-/m0/s1. The Morgan fingerprint density at radius 3 is 2.87 bits per heavy atom. The lowest BCUT2D eigenvalue weighted by molar-refractivity contribution is -0.141. The molecule has 0 saturated carbocycles. The number of piperidine rings is 1. The highest BCUT2D eigenvalue weighted by Gasteiger charge is 2.31. The van der Waals surface area contributed by atoms with Crippen molar-refractivity contribution in [3.8, 4) is 5.75 Å². The van der Waals surface area contributed by atoms with E-state index in [-0.39, 0.29) is 13.1 Å². The Labute approximate surface area is 129 Å². The second-order valence-electron chi connectivity index (χ2n) is 5.50. The third-order valence-corrected chi connectivity index (χ3v) is 3.59. The molecule has 1 saturated heterocycles. The van der Waals surface area contributed by atoms with Crippen molar-refractivity contribution in [3.63, 3.8) is 0 Å². The molecule has 0 aromatic carbocycles. The van der Waals surface area contributed by atoms with Crippen LogP contribution in [0.4, 0.5) is 13.2 Å². The predicted octanol–water partition coefficient (Wildman–Crippen LogP) is 1.24. The number of hydrogen-bond donors (Lipinski definition) is 2. The molecule has 0 unspecified atom stereocenters. The summed E-state index contributed by atoms with van der Waals surface area (Å²) in [5.74, 6) is -1.32. The number of nitrogens with one attached hydrogen (secondary N) is 1. The second kappa shape index (κ2) is 7.03. The van der Waals surface area contributed by atoms with E-state index >= 15 is 0 Å². The van der Waals surface area contributed by atoms with E-state index in [4.69, 9.17) is 9.52 Å². The maximum absolute atomic E-state index is 12.1. The molecule has 2 heterocycles. The van der Waals surface area contributed by atoms with E-state index in [1.807, 2.05) is 10.2 Å². The molecule has 23 heavy (non-hydrogen) atoms. The zero-order valence-electron chi connectivity index (χ0n) is 12.2. The van der Waals surface area contributed by atoms with Crippen LogP contribution in [-0.4, -0.2) is 41.7 Å². The highest BCUT2D eigenvalue weighted by atomic mass is 19.4. The van der Waals surface area contributed by atoms with Crippen LogP contribution in [0.3, 0.4) is 0 Å². The molecule has 1 aromatic heterocycles. The number of carbonyl (C=O) groups is 1. The minimum Gasteiger partial charge on any atom is -0.502 e. The van der Waals surface area contributed by atoms with Gasteiger partial charge in [-0.3, -0.25) is 14.5 Å². The molecule has 0 radical (unpaired) electrons. The van der Waals surface area contributed by atoms with Crippen LogP contribution in [0, 0.1) is 5.92 Å². The number of hydrogen-bond acceptors (Lipinski definition) is 5. The van der Waals surface area contributed by atoms with Crippen LogP contribution in [0.25, 0.3) is 0 Å². The lowest BCUT2D eigenvalue weighted by Crippen LogP contribution is -2.44. The van der Waals surface area contributed by atoms with Gasteiger partial charge in [0.15, 0.2) is 5.75 Å². The Hall–Kier alpha value is -2.03. The fourth-order valence-electron chi connectivity index (χ4n) is 2.49. The quantitative estimate of drug-likeness (QED) is 0.866. The summed E-state index contributed by atoms with van der Waals surface area (Å²) in [6, 6.07) is 1.16. The maximum atomic E-state index is 12.1. The molecule has 0 aliphatic carbocycles. The van der Waals surface area contributed by atoms with E-state index in [0.29, 0.717) is 25.1 Å². The fraction of sp³-hybridized carbons (Fsp3) is 0.571. The maximum Gasteiger partial charge on any atom is 0.405 e. The molecule has 128 valence electrons. The number of aromatic hydroxyl groups is 1. The van der Waals surface area contributed by atoms with Gasteiger partial charge in [-0.05, 0) is 19.4 Å². The number of likely N-dealkylation sites (tertiary alicyclic amines) is 1. The third-order valence-electron chi connectivity index (χ3n) is 3.59. The van der Waals surface area contributed by atoms with Crippen molar-refractivity contribution in [1.82, 2.24) is 10.2 Å². The molecule has 9 heteroatoms. The zero-order valence-corrected chi connectivity index (χ0v) is 12.2. The van der Waals surface area contributed by atoms with Gasteiger partial charge in [0.25, 0.3) is 0 Å². The third kappa shape index (κ3) is 5.27. The van der Waals surface area contributed by atoms with E-state index in [2.05, 4.69) is 0 Å². The highest BCUT2D eigenvalue weighted by Crippen LogP contribution is 2.20. The Bertz CT molecular complexity index is 615. The zero-order chi connectivity index (χ0) is 17.0. The molecular weight excluding hydrogens is 317 g/mol. The number of alkyl halides is 3. The van der Waals surface area contributed by atoms with Crippen molar-refractivity contribution in [2.75, 3.05) is 19.6 Å². The summed E-state index contributed by atoms with van der Waals surface area (Å²) in [6.45, 7) is -0.157. The molecular formula is C14H17F3N2O4. The van der Waals surface area contributed by atoms with Gasteiger partial charge in [0.1, 0.15) is 18.6 Å². The molecule has 1 aliphatic rings. The summed E-state index contributed by atoms with van der Waals surface area (Å²) in [7, 11) is 0. The predicted molar refractivity (Wildman–Crippen MR) is 73.7 cm³/mol. The van der Waals surface area contributed by atoms with Gasteiger partial charge >= 0.3 is 6.18 Å². The molecule has 0 spiro atoms. The summed E-state index contributed by atoms with van der Waals surface area (Å²) in [6.07, 6.45) is -2.32. The average molecular weight is 334 g/mol. The van der Waals surface area contributed by atoms with Crippen molar-refractivity contribution >= 4 is 5.91 Å². The van der Waals surface area contributed by atoms with Crippen LogP contribution in [0.5, 0.6) is 5.75 Å². The average Bonchev–Trinajstić information content (AvgIpc) is 2.48. The molecule has 1 aliphatic heterocycles. The van der Waals surface area contributed by atoms with Crippen molar-refractivity contribution in [3.05, 3.63) is 28.3 Å². The Balaban J connectivity index is 1.91. The summed E-state index contributed by atoms with van der Waals surface area (Å²) in [5.41, 5.74) is -0.567. The first-order valence-electron chi connectivity index (χ1n) is 7.12. The SMILES string of the molecule is O=C(NCC(F)(F)F)[C@H]1CCCN(Cc2cc(=O)c(O)co2)C1. The van der Waals surface area contributed by atoms with Crippen molar-refractivity contribution in [2.45, 2.75) is 25.6 Å². The molecule has 1 aromatic rings. The Kier molecular flexibility index (Phi) is 5.30. The number of nitrogens with zero attached hydrogens (tertiary/aromatic N) is 1. The molecule has 1 atom stereocenters. The smallest absolute Gasteiger partial charge is 0.405 e. The van der Waals surface area contributed by atoms with Gasteiger partial charge in [-0.15, -0.1) is 0 Å². The number of carbonyl (C=O) groups excluding carboxylic acids is 1. The highest BCUT2D eigenvalue weighted by molar-refractivity contribution is 5.79. The van der Waals surface area contributed by atoms with Gasteiger partial charge in [-0.25, -0.2) is 0 Å². The van der Waals surface area contributed by atoms with E-state index in [0.717, 1.165) is 12.3 Å². The summed E-state index contributed by atoms with van der Waals surface area (Å²) in [4.78, 5) is 25.0. The summed E-state index contributed by atoms with van der Waals surface area (Å²) >= 11 is 0. The van der Waals surface area contributed by atoms with Crippen LogP contribution >= 0.6 is 0 Å². The fourth-order valence-corrected chi connectivity index (χ4v) is 2.49. The first-order valence-corrected chi connectivity index (χ1v) is 7.12. The van der Waals surface area contributed by atoms with E-state index in [9.17, 15) is 22.8 Å². The van der Waals surface area contributed by atoms with Gasteiger partial charge in [0.2, 0.25) is 11.3 Å². The normalized spacial score (nSPS) is 19.5. The van der Waals surface area contributed by atoms with Crippen molar-refractivity contribution in [1.29, 1.82) is 0 Å². The van der Waals surface area contributed by atoms with Gasteiger partial charge in [-0.2, -0.15) is 13.2 Å². The van der Waals surface area contributed by atoms with Gasteiger partial charge in [-0.1, -0.05) is 0 Å². The van der Waals surface area contributed by atoms with Gasteiger partial charge in [0.05, 0.1) is 12.5 Å². The Morgan fingerprint density at radius 2 is 2.22 bits per heavy atom.